The molecule has 4 heterocycles. The number of nitrogens with zero attached hydrogens (tertiary/aromatic N) is 5. The summed E-state index contributed by atoms with van der Waals surface area (Å²) in [6.45, 7) is 1.65. The van der Waals surface area contributed by atoms with Crippen molar-refractivity contribution in [2.45, 2.75) is 75.7 Å². The number of imidazole rings is 1. The Morgan fingerprint density at radius 1 is 0.977 bits per heavy atom. The number of ether oxygens (including phenoxy) is 2. The molecule has 0 radical (unpaired) electrons. The first kappa shape index (κ1) is 28.5. The smallest absolute Gasteiger partial charge is 0.329 e. The lowest BCUT2D eigenvalue weighted by Gasteiger charge is -2.37. The molecule has 1 atom stereocenters. The number of methoxy groups -OCH3 is 1. The molecule has 3 N–H and O–H groups in total. The maximum absolute atomic E-state index is 13.3. The molecule has 0 bridgehead atoms. The molecule has 232 valence electrons. The average molecular weight is 602 g/mol. The van der Waals surface area contributed by atoms with E-state index in [9.17, 15) is 14.4 Å². The number of nitrogens with two attached hydrogens (primary N) is 1. The molecule has 2 amide bonds. The van der Waals surface area contributed by atoms with E-state index in [2.05, 4.69) is 21.1 Å². The van der Waals surface area contributed by atoms with E-state index in [0.717, 1.165) is 73.7 Å². The molecule has 1 unspecified atom stereocenters. The van der Waals surface area contributed by atoms with Gasteiger partial charge in [0.1, 0.15) is 11.8 Å². The number of rotatable bonds is 6. The molecule has 4 aromatic rings. The minimum atomic E-state index is -0.692. The van der Waals surface area contributed by atoms with Crippen molar-refractivity contribution >= 4 is 45.1 Å². The van der Waals surface area contributed by atoms with E-state index < -0.39 is 11.9 Å². The van der Waals surface area contributed by atoms with E-state index in [1.807, 2.05) is 30.3 Å². The van der Waals surface area contributed by atoms with Crippen LogP contribution in [-0.4, -0.2) is 63.1 Å². The third kappa shape index (κ3) is 5.00. The quantitative estimate of drug-likeness (QED) is 0.253. The molecule has 12 heteroatoms. The number of aryl methyl sites for hydroxylation is 1. The summed E-state index contributed by atoms with van der Waals surface area (Å²) >= 11 is 0. The van der Waals surface area contributed by atoms with Crippen molar-refractivity contribution in [1.82, 2.24) is 24.2 Å². The number of benzene rings is 2. The molecule has 7 rings (SSSR count). The molecule has 3 fully saturated rings. The normalized spacial score (nSPS) is 23.4. The highest BCUT2D eigenvalue weighted by atomic mass is 16.5. The van der Waals surface area contributed by atoms with Crippen molar-refractivity contribution in [2.24, 2.45) is 7.05 Å². The Hall–Kier alpha value is -4.32. The number of amides is 2. The first-order valence-corrected chi connectivity index (χ1v) is 15.6. The van der Waals surface area contributed by atoms with Gasteiger partial charge in [-0.25, -0.2) is 4.79 Å². The van der Waals surface area contributed by atoms with Gasteiger partial charge in [-0.2, -0.15) is 5.10 Å². The Morgan fingerprint density at radius 3 is 2.45 bits per heavy atom. The number of piperidine rings is 2. The zero-order valence-corrected chi connectivity index (χ0v) is 25.2. The Balaban J connectivity index is 0.980. The summed E-state index contributed by atoms with van der Waals surface area (Å²) in [5, 5.41) is 8.22. The van der Waals surface area contributed by atoms with Gasteiger partial charge in [0.15, 0.2) is 0 Å². The van der Waals surface area contributed by atoms with Crippen molar-refractivity contribution in [2.75, 3.05) is 30.8 Å². The number of fused-ring (bicyclic) bond motifs is 2. The lowest BCUT2D eigenvalue weighted by Crippen LogP contribution is -2.44. The monoisotopic (exact) mass is 601 g/mol. The number of anilines is 2. The van der Waals surface area contributed by atoms with Gasteiger partial charge in [-0.1, -0.05) is 6.07 Å². The van der Waals surface area contributed by atoms with E-state index in [1.165, 1.54) is 0 Å². The lowest BCUT2D eigenvalue weighted by molar-refractivity contribution is -0.135. The number of hydrogen-bond acceptors (Lipinski definition) is 8. The number of carbonyl (C=O) groups excluding carboxylic acids is 2. The molecule has 12 nitrogen and oxygen atoms in total. The topological polar surface area (TPSA) is 139 Å². The Labute approximate surface area is 254 Å². The van der Waals surface area contributed by atoms with Crippen LogP contribution >= 0.6 is 0 Å². The van der Waals surface area contributed by atoms with Crippen molar-refractivity contribution in [3.8, 4) is 5.75 Å². The maximum Gasteiger partial charge on any atom is 0.329 e. The second-order valence-corrected chi connectivity index (χ2v) is 12.3. The number of nitrogen functional groups attached to an aromatic ring is 1. The third-order valence-corrected chi connectivity index (χ3v) is 9.66. The molecule has 44 heavy (non-hydrogen) atoms. The van der Waals surface area contributed by atoms with Crippen LogP contribution in [0.3, 0.4) is 0 Å². The first-order valence-electron chi connectivity index (χ1n) is 15.6. The second kappa shape index (κ2) is 11.3. The number of imide groups is 1. The standard InChI is InChI=1S/C32H39N7O5/c1-36-30-25(4-3-5-26(30)39(32(36)42)27-10-11-29(40)34-31(27)41)37-14-12-22(13-15-37)44-21-8-6-20(7-9-21)38-18-19-16-23(33)28(43-2)17-24(19)35-38/h3-5,16-18,20-22,27H,6-15,33H2,1-2H3,(H,34,40,41). The predicted molar refractivity (Wildman–Crippen MR) is 167 cm³/mol. The SMILES string of the molecule is COc1cc2nn(C3CCC(OC4CCN(c5cccc6c5n(C)c(=O)n6C5CCC(=O)NC5=O)CC4)CC3)cc2cc1N. The molecular formula is C32H39N7O5. The molecule has 1 saturated carbocycles. The Kier molecular flexibility index (Phi) is 7.31. The number of hydrogen-bond donors (Lipinski definition) is 2. The van der Waals surface area contributed by atoms with Gasteiger partial charge < -0.3 is 20.1 Å². The van der Waals surface area contributed by atoms with Gasteiger partial charge in [0.25, 0.3) is 0 Å². The zero-order chi connectivity index (χ0) is 30.5. The van der Waals surface area contributed by atoms with Crippen LogP contribution in [0.2, 0.25) is 0 Å². The lowest BCUT2D eigenvalue weighted by atomic mass is 9.92. The zero-order valence-electron chi connectivity index (χ0n) is 25.2. The van der Waals surface area contributed by atoms with Crippen LogP contribution in [0.1, 0.15) is 63.5 Å². The average Bonchev–Trinajstić information content (AvgIpc) is 3.55. The largest absolute Gasteiger partial charge is 0.495 e. The van der Waals surface area contributed by atoms with Crippen LogP contribution in [0.15, 0.2) is 41.3 Å². The second-order valence-electron chi connectivity index (χ2n) is 12.3. The van der Waals surface area contributed by atoms with Gasteiger partial charge in [-0.15, -0.1) is 0 Å². The fraction of sp³-hybridized carbons (Fsp3) is 0.500. The first-order chi connectivity index (χ1) is 21.3. The summed E-state index contributed by atoms with van der Waals surface area (Å²) in [6.07, 6.45) is 8.93. The van der Waals surface area contributed by atoms with Crippen molar-refractivity contribution in [1.29, 1.82) is 0 Å². The number of para-hydroxylation sites is 1. The summed E-state index contributed by atoms with van der Waals surface area (Å²) in [6, 6.07) is 9.34. The van der Waals surface area contributed by atoms with Crippen molar-refractivity contribution in [3.63, 3.8) is 0 Å². The highest BCUT2D eigenvalue weighted by Gasteiger charge is 2.33. The Morgan fingerprint density at radius 2 is 1.73 bits per heavy atom. The van der Waals surface area contributed by atoms with Crippen molar-refractivity contribution < 1.29 is 19.1 Å². The van der Waals surface area contributed by atoms with Crippen molar-refractivity contribution in [3.05, 3.63) is 47.0 Å². The number of nitrogens with one attached hydrogen (secondary N) is 1. The summed E-state index contributed by atoms with van der Waals surface area (Å²) < 4.78 is 17.2. The van der Waals surface area contributed by atoms with E-state index in [0.29, 0.717) is 29.4 Å². The molecule has 0 spiro atoms. The van der Waals surface area contributed by atoms with Crippen LogP contribution in [0, 0.1) is 0 Å². The van der Waals surface area contributed by atoms with E-state index in [-0.39, 0.29) is 30.2 Å². The van der Waals surface area contributed by atoms with E-state index in [1.54, 1.807) is 23.3 Å². The van der Waals surface area contributed by atoms with Crippen LogP contribution in [0.4, 0.5) is 11.4 Å². The van der Waals surface area contributed by atoms with Crippen LogP contribution < -0.4 is 26.4 Å². The molecule has 3 aliphatic rings. The van der Waals surface area contributed by atoms with Crippen LogP contribution in [0.5, 0.6) is 5.75 Å². The Bertz CT molecular complexity index is 1790. The molecule has 2 saturated heterocycles. The minimum absolute atomic E-state index is 0.201. The summed E-state index contributed by atoms with van der Waals surface area (Å²) in [4.78, 5) is 40.0. The number of aromatic nitrogens is 4. The summed E-state index contributed by atoms with van der Waals surface area (Å²) in [7, 11) is 3.37. The highest BCUT2D eigenvalue weighted by molar-refractivity contribution is 6.00. The van der Waals surface area contributed by atoms with Gasteiger partial charge in [-0.3, -0.25) is 28.7 Å². The van der Waals surface area contributed by atoms with Gasteiger partial charge in [0, 0.05) is 44.2 Å². The van der Waals surface area contributed by atoms with Crippen LogP contribution in [-0.2, 0) is 21.4 Å². The van der Waals surface area contributed by atoms with Gasteiger partial charge in [0.05, 0.1) is 53.3 Å². The maximum atomic E-state index is 13.3. The van der Waals surface area contributed by atoms with Crippen LogP contribution in [0.25, 0.3) is 21.9 Å². The van der Waals surface area contributed by atoms with Gasteiger partial charge in [0.2, 0.25) is 11.8 Å². The number of carbonyl (C=O) groups is 2. The molecule has 2 aromatic heterocycles. The predicted octanol–water partition coefficient (Wildman–Crippen LogP) is 3.43. The molecule has 1 aliphatic carbocycles. The molecular weight excluding hydrogens is 562 g/mol. The fourth-order valence-electron chi connectivity index (χ4n) is 7.31. The minimum Gasteiger partial charge on any atom is -0.495 e. The molecule has 2 aromatic carbocycles. The van der Waals surface area contributed by atoms with Gasteiger partial charge in [-0.05, 0) is 63.1 Å². The van der Waals surface area contributed by atoms with E-state index in [4.69, 9.17) is 20.3 Å². The highest BCUT2D eigenvalue weighted by Crippen LogP contribution is 2.35. The summed E-state index contributed by atoms with van der Waals surface area (Å²) in [5.74, 6) is -0.0632. The van der Waals surface area contributed by atoms with E-state index >= 15 is 0 Å². The third-order valence-electron chi connectivity index (χ3n) is 9.66. The fourth-order valence-corrected chi connectivity index (χ4v) is 7.31. The van der Waals surface area contributed by atoms with Gasteiger partial charge >= 0.3 is 5.69 Å². The molecule has 2 aliphatic heterocycles. The summed E-state index contributed by atoms with van der Waals surface area (Å²) in [5.41, 5.74) is 9.87.